The molecule has 1 fully saturated rings. The molecule has 1 aliphatic rings. The lowest BCUT2D eigenvalue weighted by Gasteiger charge is -2.11. The Labute approximate surface area is 154 Å². The van der Waals surface area contributed by atoms with E-state index in [9.17, 15) is 4.79 Å². The Morgan fingerprint density at radius 3 is 2.42 bits per heavy atom. The highest BCUT2D eigenvalue weighted by molar-refractivity contribution is 7.99. The number of thioether (sulfide) groups is 1. The van der Waals surface area contributed by atoms with Crippen LogP contribution in [-0.4, -0.2) is 32.9 Å². The maximum absolute atomic E-state index is 12.1. The highest BCUT2D eigenvalue weighted by Crippen LogP contribution is 2.30. The molecule has 0 unspecified atom stereocenters. The number of nitrogens with one attached hydrogen (secondary N) is 1. The Morgan fingerprint density at radius 2 is 1.77 bits per heavy atom. The van der Waals surface area contributed by atoms with Crippen molar-refractivity contribution in [2.45, 2.75) is 36.9 Å². The van der Waals surface area contributed by atoms with Crippen molar-refractivity contribution in [3.63, 3.8) is 0 Å². The molecule has 0 aromatic carbocycles. The van der Waals surface area contributed by atoms with Gasteiger partial charge in [0.15, 0.2) is 17.2 Å². The van der Waals surface area contributed by atoms with Crippen LogP contribution >= 0.6 is 11.8 Å². The monoisotopic (exact) mass is 370 g/mol. The van der Waals surface area contributed by atoms with Gasteiger partial charge in [0.25, 0.3) is 0 Å². The number of nitrogens with zero attached hydrogens (tertiary/aromatic N) is 3. The lowest BCUT2D eigenvalue weighted by atomic mass is 10.2. The van der Waals surface area contributed by atoms with Crippen LogP contribution in [0.3, 0.4) is 0 Å². The van der Waals surface area contributed by atoms with Crippen molar-refractivity contribution in [1.82, 2.24) is 20.5 Å². The predicted molar refractivity (Wildman–Crippen MR) is 96.4 cm³/mol. The molecule has 1 aliphatic carbocycles. The first kappa shape index (κ1) is 16.8. The van der Waals surface area contributed by atoms with Crippen molar-refractivity contribution in [2.75, 3.05) is 5.75 Å². The second kappa shape index (κ2) is 7.74. The summed E-state index contributed by atoms with van der Waals surface area (Å²) in [5, 5.41) is 11.8. The first-order valence-corrected chi connectivity index (χ1v) is 9.53. The van der Waals surface area contributed by atoms with Crippen molar-refractivity contribution in [2.24, 2.45) is 0 Å². The largest absolute Gasteiger partial charge is 0.463 e. The zero-order valence-electron chi connectivity index (χ0n) is 14.1. The molecule has 26 heavy (non-hydrogen) atoms. The molecule has 0 radical (unpaired) electrons. The quantitative estimate of drug-likeness (QED) is 0.663. The number of aromatic nitrogens is 3. The molecule has 1 amide bonds. The topological polar surface area (TPSA) is 94.0 Å². The van der Waals surface area contributed by atoms with Gasteiger partial charge in [-0.1, -0.05) is 24.6 Å². The van der Waals surface area contributed by atoms with Gasteiger partial charge in [-0.05, 0) is 37.1 Å². The Bertz CT molecular complexity index is 859. The molecule has 134 valence electrons. The molecular weight excluding hydrogens is 352 g/mol. The first-order valence-electron chi connectivity index (χ1n) is 8.54. The van der Waals surface area contributed by atoms with E-state index in [1.165, 1.54) is 24.6 Å². The highest BCUT2D eigenvalue weighted by Gasteiger charge is 2.20. The van der Waals surface area contributed by atoms with E-state index in [1.807, 2.05) is 0 Å². The van der Waals surface area contributed by atoms with E-state index in [-0.39, 0.29) is 11.7 Å². The summed E-state index contributed by atoms with van der Waals surface area (Å²) in [5.41, 5.74) is 1.04. The molecule has 1 N–H and O–H groups in total. The van der Waals surface area contributed by atoms with Gasteiger partial charge >= 0.3 is 0 Å². The lowest BCUT2D eigenvalue weighted by molar-refractivity contribution is -0.119. The van der Waals surface area contributed by atoms with E-state index in [0.717, 1.165) is 12.8 Å². The summed E-state index contributed by atoms with van der Waals surface area (Å²) in [6.45, 7) is 0. The molecule has 3 aromatic heterocycles. The molecule has 8 heteroatoms. The molecule has 0 atom stereocenters. The average molecular weight is 370 g/mol. The minimum atomic E-state index is 0.000148. The second-order valence-electron chi connectivity index (χ2n) is 6.08. The summed E-state index contributed by atoms with van der Waals surface area (Å²) in [7, 11) is 0. The van der Waals surface area contributed by atoms with Crippen LogP contribution in [0.25, 0.3) is 22.9 Å². The Morgan fingerprint density at radius 1 is 1.08 bits per heavy atom. The number of carbonyl (C=O) groups excluding carboxylic acids is 1. The van der Waals surface area contributed by atoms with Gasteiger partial charge in [-0.2, -0.15) is 0 Å². The lowest BCUT2D eigenvalue weighted by Crippen LogP contribution is -2.33. The van der Waals surface area contributed by atoms with Crippen LogP contribution in [0.15, 0.2) is 50.8 Å². The molecule has 1 saturated carbocycles. The van der Waals surface area contributed by atoms with Crippen molar-refractivity contribution >= 4 is 17.7 Å². The fourth-order valence-electron chi connectivity index (χ4n) is 3.01. The molecule has 7 nitrogen and oxygen atoms in total. The van der Waals surface area contributed by atoms with Gasteiger partial charge in [0.05, 0.1) is 18.3 Å². The normalized spacial score (nSPS) is 14.6. The van der Waals surface area contributed by atoms with Gasteiger partial charge < -0.3 is 14.2 Å². The third kappa shape index (κ3) is 3.80. The maximum atomic E-state index is 12.1. The van der Waals surface area contributed by atoms with Crippen LogP contribution in [0.2, 0.25) is 0 Å². The van der Waals surface area contributed by atoms with Crippen LogP contribution in [0.5, 0.6) is 0 Å². The van der Waals surface area contributed by atoms with Crippen molar-refractivity contribution in [1.29, 1.82) is 0 Å². The standard InChI is InChI=1S/C18H18N4O3S/c23-15(19-12-5-1-2-6-12)11-26-18-20-16(13-7-3-9-24-13)17(21-22-18)14-8-4-10-25-14/h3-4,7-10,12H,1-2,5-6,11H2,(H,19,23). The summed E-state index contributed by atoms with van der Waals surface area (Å²) in [6, 6.07) is 7.46. The zero-order chi connectivity index (χ0) is 17.8. The van der Waals surface area contributed by atoms with E-state index in [2.05, 4.69) is 20.5 Å². The zero-order valence-corrected chi connectivity index (χ0v) is 14.9. The van der Waals surface area contributed by atoms with Gasteiger partial charge in [-0.3, -0.25) is 4.79 Å². The summed E-state index contributed by atoms with van der Waals surface area (Å²) in [5.74, 6) is 1.39. The molecule has 3 heterocycles. The summed E-state index contributed by atoms with van der Waals surface area (Å²) in [6.07, 6.45) is 7.64. The second-order valence-corrected chi connectivity index (χ2v) is 7.03. The number of carbonyl (C=O) groups is 1. The molecular formula is C18H18N4O3S. The third-order valence-corrected chi connectivity index (χ3v) is 5.07. The maximum Gasteiger partial charge on any atom is 0.230 e. The van der Waals surface area contributed by atoms with Gasteiger partial charge in [-0.15, -0.1) is 10.2 Å². The van der Waals surface area contributed by atoms with Crippen molar-refractivity contribution in [3.8, 4) is 22.9 Å². The Balaban J connectivity index is 1.50. The number of rotatable bonds is 6. The molecule has 4 rings (SSSR count). The van der Waals surface area contributed by atoms with E-state index < -0.39 is 0 Å². The molecule has 0 saturated heterocycles. The van der Waals surface area contributed by atoms with E-state index in [1.54, 1.807) is 36.8 Å². The average Bonchev–Trinajstić information content (AvgIpc) is 3.42. The Hall–Kier alpha value is -2.61. The SMILES string of the molecule is O=C(CSc1nnc(-c2ccco2)c(-c2ccco2)n1)NC1CCCC1. The highest BCUT2D eigenvalue weighted by atomic mass is 32.2. The molecule has 3 aromatic rings. The fraction of sp³-hybridized carbons (Fsp3) is 0.333. The van der Waals surface area contributed by atoms with E-state index in [0.29, 0.717) is 34.1 Å². The minimum Gasteiger partial charge on any atom is -0.463 e. The van der Waals surface area contributed by atoms with Gasteiger partial charge in [0, 0.05) is 6.04 Å². The van der Waals surface area contributed by atoms with E-state index in [4.69, 9.17) is 8.83 Å². The number of furan rings is 2. The summed E-state index contributed by atoms with van der Waals surface area (Å²) >= 11 is 1.26. The third-order valence-electron chi connectivity index (χ3n) is 4.23. The fourth-order valence-corrected chi connectivity index (χ4v) is 3.60. The van der Waals surface area contributed by atoms with Gasteiger partial charge in [0.2, 0.25) is 11.1 Å². The van der Waals surface area contributed by atoms with Crippen LogP contribution in [0.1, 0.15) is 25.7 Å². The number of amides is 1. The predicted octanol–water partition coefficient (Wildman–Crippen LogP) is 3.54. The van der Waals surface area contributed by atoms with Crippen LogP contribution in [0, 0.1) is 0 Å². The van der Waals surface area contributed by atoms with Crippen LogP contribution < -0.4 is 5.32 Å². The van der Waals surface area contributed by atoms with Crippen molar-refractivity contribution in [3.05, 3.63) is 36.8 Å². The molecule has 0 spiro atoms. The first-order chi connectivity index (χ1) is 12.8. The van der Waals surface area contributed by atoms with Crippen molar-refractivity contribution < 1.29 is 13.6 Å². The molecule has 0 aliphatic heterocycles. The summed E-state index contributed by atoms with van der Waals surface area (Å²) < 4.78 is 10.9. The van der Waals surface area contributed by atoms with Gasteiger partial charge in [0.1, 0.15) is 5.69 Å². The smallest absolute Gasteiger partial charge is 0.230 e. The number of hydrogen-bond acceptors (Lipinski definition) is 7. The van der Waals surface area contributed by atoms with Crippen LogP contribution in [0.4, 0.5) is 0 Å². The van der Waals surface area contributed by atoms with Crippen LogP contribution in [-0.2, 0) is 4.79 Å². The Kier molecular flexibility index (Phi) is 5.01. The molecule has 0 bridgehead atoms. The van der Waals surface area contributed by atoms with Gasteiger partial charge in [-0.25, -0.2) is 4.98 Å². The van der Waals surface area contributed by atoms with E-state index >= 15 is 0 Å². The minimum absolute atomic E-state index is 0.000148. The number of hydrogen-bond donors (Lipinski definition) is 1. The summed E-state index contributed by atoms with van der Waals surface area (Å²) in [4.78, 5) is 16.6.